The third-order valence-electron chi connectivity index (χ3n) is 6.03. The van der Waals surface area contributed by atoms with Crippen molar-refractivity contribution in [3.05, 3.63) is 89.6 Å². The van der Waals surface area contributed by atoms with E-state index in [9.17, 15) is 0 Å². The summed E-state index contributed by atoms with van der Waals surface area (Å²) in [5.41, 5.74) is 5.41. The van der Waals surface area contributed by atoms with Crippen molar-refractivity contribution >= 4 is 48.5 Å². The zero-order valence-corrected chi connectivity index (χ0v) is 15.9. The summed E-state index contributed by atoms with van der Waals surface area (Å²) in [6.07, 6.45) is 4.67. The van der Waals surface area contributed by atoms with Gasteiger partial charge in [0.25, 0.3) is 0 Å². The van der Waals surface area contributed by atoms with Crippen LogP contribution in [0, 0.1) is 0 Å². The van der Waals surface area contributed by atoms with Crippen molar-refractivity contribution in [2.75, 3.05) is 0 Å². The van der Waals surface area contributed by atoms with Gasteiger partial charge in [-0.15, -0.1) is 11.3 Å². The third kappa shape index (κ3) is 2.11. The standard InChI is InChI=1S/C25H19NS/c1-15-16(13-14-22-24(15)20-8-2-4-11-21(20)26-22)18-9-6-10-19-17-7-3-5-12-23(17)27-25(18)19/h2-16,26H,1H3. The van der Waals surface area contributed by atoms with Gasteiger partial charge < -0.3 is 4.98 Å². The predicted octanol–water partition coefficient (Wildman–Crippen LogP) is 7.45. The Bertz CT molecular complexity index is 1350. The van der Waals surface area contributed by atoms with Crippen molar-refractivity contribution < 1.29 is 0 Å². The number of thiophene rings is 1. The Morgan fingerprint density at radius 1 is 0.815 bits per heavy atom. The summed E-state index contributed by atoms with van der Waals surface area (Å²) < 4.78 is 2.81. The molecule has 27 heavy (non-hydrogen) atoms. The normalized spacial score (nSPS) is 19.1. The molecule has 2 heteroatoms. The number of aromatic nitrogens is 1. The van der Waals surface area contributed by atoms with Crippen LogP contribution in [0.4, 0.5) is 0 Å². The van der Waals surface area contributed by atoms with Crippen LogP contribution in [0.1, 0.15) is 35.6 Å². The van der Waals surface area contributed by atoms with Crippen LogP contribution in [-0.4, -0.2) is 4.98 Å². The molecule has 1 N–H and O–H groups in total. The van der Waals surface area contributed by atoms with Gasteiger partial charge in [-0.1, -0.05) is 67.6 Å². The third-order valence-corrected chi connectivity index (χ3v) is 7.27. The van der Waals surface area contributed by atoms with E-state index < -0.39 is 0 Å². The number of benzene rings is 3. The first-order chi connectivity index (χ1) is 13.3. The van der Waals surface area contributed by atoms with Gasteiger partial charge in [-0.25, -0.2) is 0 Å². The summed E-state index contributed by atoms with van der Waals surface area (Å²) in [6.45, 7) is 2.37. The van der Waals surface area contributed by atoms with Crippen LogP contribution < -0.4 is 0 Å². The fraction of sp³-hybridized carbons (Fsp3) is 0.120. The molecular formula is C25H19NS. The Morgan fingerprint density at radius 2 is 1.59 bits per heavy atom. The van der Waals surface area contributed by atoms with Crippen LogP contribution in [0.5, 0.6) is 0 Å². The summed E-state index contributed by atoms with van der Waals surface area (Å²) in [5, 5.41) is 4.12. The van der Waals surface area contributed by atoms with E-state index in [1.165, 1.54) is 47.9 Å². The van der Waals surface area contributed by atoms with Gasteiger partial charge in [0.05, 0.1) is 0 Å². The molecule has 3 aromatic carbocycles. The average molecular weight is 366 g/mol. The molecule has 0 saturated heterocycles. The van der Waals surface area contributed by atoms with Crippen molar-refractivity contribution in [3.8, 4) is 0 Å². The van der Waals surface area contributed by atoms with E-state index in [1.807, 2.05) is 11.3 Å². The second-order valence-corrected chi connectivity index (χ2v) is 8.55. The van der Waals surface area contributed by atoms with Gasteiger partial charge in [-0.3, -0.25) is 0 Å². The number of rotatable bonds is 1. The summed E-state index contributed by atoms with van der Waals surface area (Å²) in [5.74, 6) is 0.838. The largest absolute Gasteiger partial charge is 0.355 e. The van der Waals surface area contributed by atoms with Gasteiger partial charge in [0.15, 0.2) is 0 Å². The van der Waals surface area contributed by atoms with Gasteiger partial charge in [0.2, 0.25) is 0 Å². The number of nitrogens with one attached hydrogen (secondary N) is 1. The number of H-pyrrole nitrogens is 1. The molecule has 1 nitrogen and oxygen atoms in total. The van der Waals surface area contributed by atoms with Gasteiger partial charge in [-0.2, -0.15) is 0 Å². The summed E-state index contributed by atoms with van der Waals surface area (Å²) >= 11 is 1.93. The maximum Gasteiger partial charge on any atom is 0.0461 e. The summed E-state index contributed by atoms with van der Waals surface area (Å²) in [4.78, 5) is 3.59. The Hall–Kier alpha value is -2.84. The first-order valence-electron chi connectivity index (χ1n) is 9.50. The molecule has 0 saturated carbocycles. The first kappa shape index (κ1) is 15.2. The first-order valence-corrected chi connectivity index (χ1v) is 10.3. The van der Waals surface area contributed by atoms with E-state index in [-0.39, 0.29) is 0 Å². The Kier molecular flexibility index (Phi) is 3.15. The second kappa shape index (κ2) is 5.58. The Morgan fingerprint density at radius 3 is 2.52 bits per heavy atom. The molecule has 0 fully saturated rings. The van der Waals surface area contributed by atoms with E-state index in [4.69, 9.17) is 0 Å². The van der Waals surface area contributed by atoms with E-state index in [0.717, 1.165) is 0 Å². The van der Waals surface area contributed by atoms with E-state index in [1.54, 1.807) is 0 Å². The Labute approximate surface area is 162 Å². The van der Waals surface area contributed by atoms with E-state index >= 15 is 0 Å². The zero-order valence-electron chi connectivity index (χ0n) is 15.1. The maximum absolute atomic E-state index is 3.59. The van der Waals surface area contributed by atoms with E-state index in [0.29, 0.717) is 11.8 Å². The summed E-state index contributed by atoms with van der Waals surface area (Å²) in [6, 6.07) is 24.3. The number of hydrogen-bond donors (Lipinski definition) is 1. The number of aromatic amines is 1. The lowest BCUT2D eigenvalue weighted by Gasteiger charge is -2.26. The van der Waals surface area contributed by atoms with Crippen molar-refractivity contribution in [1.82, 2.24) is 4.98 Å². The monoisotopic (exact) mass is 365 g/mol. The molecule has 0 spiro atoms. The molecule has 2 atom stereocenters. The van der Waals surface area contributed by atoms with Gasteiger partial charge >= 0.3 is 0 Å². The average Bonchev–Trinajstić information content (AvgIpc) is 3.27. The van der Waals surface area contributed by atoms with Gasteiger partial charge in [-0.05, 0) is 35.3 Å². The molecule has 0 amide bonds. The van der Waals surface area contributed by atoms with Crippen LogP contribution in [0.15, 0.2) is 72.8 Å². The van der Waals surface area contributed by atoms with E-state index in [2.05, 4.69) is 90.8 Å². The molecule has 130 valence electrons. The second-order valence-electron chi connectivity index (χ2n) is 7.49. The molecule has 0 aliphatic heterocycles. The molecule has 5 aromatic rings. The molecule has 2 unspecified atom stereocenters. The fourth-order valence-corrected chi connectivity index (χ4v) is 6.02. The molecule has 2 aromatic heterocycles. The minimum Gasteiger partial charge on any atom is -0.355 e. The van der Waals surface area contributed by atoms with Crippen LogP contribution in [-0.2, 0) is 0 Å². The highest BCUT2D eigenvalue weighted by atomic mass is 32.1. The van der Waals surface area contributed by atoms with Crippen molar-refractivity contribution in [3.63, 3.8) is 0 Å². The number of hydrogen-bond acceptors (Lipinski definition) is 1. The molecule has 0 bridgehead atoms. The topological polar surface area (TPSA) is 15.8 Å². The lowest BCUT2D eigenvalue weighted by molar-refractivity contribution is 0.678. The lowest BCUT2D eigenvalue weighted by Crippen LogP contribution is -2.10. The van der Waals surface area contributed by atoms with Gasteiger partial charge in [0.1, 0.15) is 0 Å². The minimum absolute atomic E-state index is 0.397. The van der Waals surface area contributed by atoms with Crippen molar-refractivity contribution in [2.45, 2.75) is 18.8 Å². The van der Waals surface area contributed by atoms with Crippen molar-refractivity contribution in [2.24, 2.45) is 0 Å². The highest BCUT2D eigenvalue weighted by Gasteiger charge is 2.28. The summed E-state index contributed by atoms with van der Waals surface area (Å²) in [7, 11) is 0. The molecule has 6 rings (SSSR count). The molecule has 1 aliphatic carbocycles. The fourth-order valence-electron chi connectivity index (χ4n) is 4.76. The number of fused-ring (bicyclic) bond motifs is 6. The SMILES string of the molecule is CC1c2c([nH]c3ccccc23)C=CC1c1cccc2c1sc1ccccc12. The maximum atomic E-state index is 3.59. The quantitative estimate of drug-likeness (QED) is 0.317. The highest BCUT2D eigenvalue weighted by molar-refractivity contribution is 7.26. The highest BCUT2D eigenvalue weighted by Crippen LogP contribution is 2.47. The lowest BCUT2D eigenvalue weighted by atomic mass is 9.78. The van der Waals surface area contributed by atoms with Crippen LogP contribution in [0.25, 0.3) is 37.2 Å². The molecule has 1 aliphatic rings. The number of para-hydroxylation sites is 1. The number of allylic oxidation sites excluding steroid dienone is 1. The van der Waals surface area contributed by atoms with Crippen LogP contribution in [0.2, 0.25) is 0 Å². The van der Waals surface area contributed by atoms with Crippen molar-refractivity contribution in [1.29, 1.82) is 0 Å². The smallest absolute Gasteiger partial charge is 0.0461 e. The van der Waals surface area contributed by atoms with Crippen LogP contribution >= 0.6 is 11.3 Å². The minimum atomic E-state index is 0.397. The molecular weight excluding hydrogens is 346 g/mol. The van der Waals surface area contributed by atoms with Crippen LogP contribution in [0.3, 0.4) is 0 Å². The molecule has 2 heterocycles. The predicted molar refractivity (Wildman–Crippen MR) is 118 cm³/mol. The molecule has 0 radical (unpaired) electrons. The Balaban J connectivity index is 1.58. The zero-order chi connectivity index (χ0) is 18.0. The van der Waals surface area contributed by atoms with Gasteiger partial charge in [0, 0.05) is 42.7 Å².